The third kappa shape index (κ3) is 5.89. The maximum absolute atomic E-state index is 11.0. The predicted molar refractivity (Wildman–Crippen MR) is 45.1 cm³/mol. The topological polar surface area (TPSA) is 43.4 Å². The molecule has 0 bridgehead atoms. The number of esters is 2. The molecular weight excluding hydrogens is 156 g/mol. The summed E-state index contributed by atoms with van der Waals surface area (Å²) in [6, 6.07) is 0. The molecule has 0 saturated carbocycles. The molecule has 3 heteroatoms. The zero-order chi connectivity index (χ0) is 9.78. The van der Waals surface area contributed by atoms with Gasteiger partial charge in [-0.05, 0) is 5.41 Å². The molecule has 0 aliphatic rings. The highest BCUT2D eigenvalue weighted by atomic mass is 16.6. The Morgan fingerprint density at radius 3 is 2.17 bits per heavy atom. The molecule has 0 saturated heterocycles. The van der Waals surface area contributed by atoms with Crippen molar-refractivity contribution in [3.8, 4) is 0 Å². The van der Waals surface area contributed by atoms with E-state index in [0.29, 0.717) is 0 Å². The van der Waals surface area contributed by atoms with Crippen LogP contribution in [0.3, 0.4) is 0 Å². The van der Waals surface area contributed by atoms with E-state index in [-0.39, 0.29) is 11.8 Å². The Morgan fingerprint density at radius 2 is 1.83 bits per heavy atom. The number of hydrogen-bond donors (Lipinski definition) is 0. The summed E-state index contributed by atoms with van der Waals surface area (Å²) in [7, 11) is 0. The summed E-state index contributed by atoms with van der Waals surface area (Å²) in [5.41, 5.74) is -0.134. The third-order valence-electron chi connectivity index (χ3n) is 1.12. The van der Waals surface area contributed by atoms with Crippen LogP contribution in [-0.2, 0) is 14.3 Å². The summed E-state index contributed by atoms with van der Waals surface area (Å²) in [5.74, 6) is -1.05. The molecule has 0 fully saturated rings. The number of ether oxygens (including phenoxy) is 1. The quantitative estimate of drug-likeness (QED) is 0.469. The van der Waals surface area contributed by atoms with Crippen molar-refractivity contribution in [2.45, 2.75) is 34.1 Å². The second kappa shape index (κ2) is 4.24. The van der Waals surface area contributed by atoms with E-state index >= 15 is 0 Å². The normalized spacial score (nSPS) is 11.0. The zero-order valence-corrected chi connectivity index (χ0v) is 8.01. The van der Waals surface area contributed by atoms with Gasteiger partial charge in [-0.3, -0.25) is 9.59 Å². The van der Waals surface area contributed by atoms with Crippen LogP contribution in [-0.4, -0.2) is 11.9 Å². The first-order valence-electron chi connectivity index (χ1n) is 3.89. The van der Waals surface area contributed by atoms with E-state index in [9.17, 15) is 9.59 Å². The predicted octanol–water partition coefficient (Wildman–Crippen LogP) is 1.72. The van der Waals surface area contributed by atoms with Crippen molar-refractivity contribution in [1.82, 2.24) is 0 Å². The molecule has 69 valence electrons. The SMILES string of the molecule is C[CH]C(=O)OC(=O)CC(C)(C)C. The molecule has 3 nitrogen and oxygen atoms in total. The lowest BCUT2D eigenvalue weighted by molar-refractivity contribution is -0.158. The minimum absolute atomic E-state index is 0.134. The largest absolute Gasteiger partial charge is 0.393 e. The summed E-state index contributed by atoms with van der Waals surface area (Å²) in [5, 5.41) is 0. The van der Waals surface area contributed by atoms with Gasteiger partial charge in [0, 0.05) is 0 Å². The molecule has 0 aromatic rings. The van der Waals surface area contributed by atoms with Crippen LogP contribution < -0.4 is 0 Å². The molecule has 0 aromatic heterocycles. The average molecular weight is 171 g/mol. The Bertz CT molecular complexity index is 177. The first-order chi connectivity index (χ1) is 5.35. The maximum Gasteiger partial charge on any atom is 0.317 e. The van der Waals surface area contributed by atoms with Crippen molar-refractivity contribution < 1.29 is 14.3 Å². The highest BCUT2D eigenvalue weighted by molar-refractivity contribution is 5.89. The number of rotatable bonds is 2. The van der Waals surface area contributed by atoms with Crippen molar-refractivity contribution in [3.63, 3.8) is 0 Å². The molecule has 1 radical (unpaired) electrons. The van der Waals surface area contributed by atoms with Crippen LogP contribution in [0.1, 0.15) is 34.1 Å². The van der Waals surface area contributed by atoms with Crippen LogP contribution >= 0.6 is 0 Å². The van der Waals surface area contributed by atoms with Gasteiger partial charge in [0.05, 0.1) is 12.8 Å². The van der Waals surface area contributed by atoms with Crippen molar-refractivity contribution in [1.29, 1.82) is 0 Å². The van der Waals surface area contributed by atoms with Crippen molar-refractivity contribution >= 4 is 11.9 Å². The summed E-state index contributed by atoms with van der Waals surface area (Å²) >= 11 is 0. The third-order valence-corrected chi connectivity index (χ3v) is 1.12. The fourth-order valence-corrected chi connectivity index (χ4v) is 0.640. The van der Waals surface area contributed by atoms with Crippen LogP contribution in [0.5, 0.6) is 0 Å². The van der Waals surface area contributed by atoms with Gasteiger partial charge in [0.2, 0.25) is 0 Å². The van der Waals surface area contributed by atoms with Crippen LogP contribution in [0.2, 0.25) is 0 Å². The smallest absolute Gasteiger partial charge is 0.317 e. The number of carbonyl (C=O) groups excluding carboxylic acids is 2. The van der Waals surface area contributed by atoms with Gasteiger partial charge in [-0.2, -0.15) is 0 Å². The summed E-state index contributed by atoms with van der Waals surface area (Å²) in [6.07, 6.45) is 1.48. The molecule has 0 heterocycles. The summed E-state index contributed by atoms with van der Waals surface area (Å²) in [6.45, 7) is 7.27. The van der Waals surface area contributed by atoms with E-state index in [0.717, 1.165) is 0 Å². The van der Waals surface area contributed by atoms with Crippen LogP contribution in [0.4, 0.5) is 0 Å². The first kappa shape index (κ1) is 11.1. The zero-order valence-electron chi connectivity index (χ0n) is 8.01. The average Bonchev–Trinajstić information content (AvgIpc) is 1.82. The van der Waals surface area contributed by atoms with E-state index in [2.05, 4.69) is 4.74 Å². The monoisotopic (exact) mass is 171 g/mol. The molecule has 0 unspecified atom stereocenters. The maximum atomic E-state index is 11.0. The van der Waals surface area contributed by atoms with Crippen molar-refractivity contribution in [3.05, 3.63) is 6.42 Å². The van der Waals surface area contributed by atoms with Gasteiger partial charge in [-0.1, -0.05) is 27.7 Å². The fourth-order valence-electron chi connectivity index (χ4n) is 0.640. The van der Waals surface area contributed by atoms with E-state index in [1.165, 1.54) is 13.3 Å². The Kier molecular flexibility index (Phi) is 3.93. The lowest BCUT2D eigenvalue weighted by Gasteiger charge is -2.15. The summed E-state index contributed by atoms with van der Waals surface area (Å²) < 4.78 is 4.44. The molecule has 0 atom stereocenters. The molecule has 0 rings (SSSR count). The highest BCUT2D eigenvalue weighted by Gasteiger charge is 2.18. The molecule has 0 aliphatic carbocycles. The van der Waals surface area contributed by atoms with E-state index < -0.39 is 11.9 Å². The van der Waals surface area contributed by atoms with E-state index in [1.807, 2.05) is 20.8 Å². The van der Waals surface area contributed by atoms with Gasteiger partial charge in [0.25, 0.3) is 0 Å². The van der Waals surface area contributed by atoms with Crippen molar-refractivity contribution in [2.75, 3.05) is 0 Å². The van der Waals surface area contributed by atoms with Gasteiger partial charge in [-0.25, -0.2) is 0 Å². The fraction of sp³-hybridized carbons (Fsp3) is 0.667. The van der Waals surface area contributed by atoms with Crippen LogP contribution in [0, 0.1) is 11.8 Å². The molecule has 12 heavy (non-hydrogen) atoms. The molecule has 0 amide bonds. The van der Waals surface area contributed by atoms with E-state index in [1.54, 1.807) is 0 Å². The van der Waals surface area contributed by atoms with Gasteiger partial charge in [0.15, 0.2) is 0 Å². The molecule has 0 aromatic carbocycles. The van der Waals surface area contributed by atoms with Gasteiger partial charge in [0.1, 0.15) is 0 Å². The minimum atomic E-state index is -0.579. The Labute approximate surface area is 73.1 Å². The van der Waals surface area contributed by atoms with Crippen molar-refractivity contribution in [2.24, 2.45) is 5.41 Å². The minimum Gasteiger partial charge on any atom is -0.393 e. The first-order valence-corrected chi connectivity index (χ1v) is 3.89. The summed E-state index contributed by atoms with van der Waals surface area (Å²) in [4.78, 5) is 21.6. The second-order valence-electron chi connectivity index (χ2n) is 3.82. The standard InChI is InChI=1S/C9H15O3/c1-5-7(10)12-8(11)6-9(2,3)4/h5H,6H2,1-4H3. The molecule has 0 aliphatic heterocycles. The second-order valence-corrected chi connectivity index (χ2v) is 3.82. The Morgan fingerprint density at radius 1 is 1.33 bits per heavy atom. The van der Waals surface area contributed by atoms with Gasteiger partial charge >= 0.3 is 11.9 Å². The van der Waals surface area contributed by atoms with E-state index in [4.69, 9.17) is 0 Å². The van der Waals surface area contributed by atoms with Gasteiger partial charge in [-0.15, -0.1) is 0 Å². The molecule has 0 spiro atoms. The molecule has 0 N–H and O–H groups in total. The number of hydrogen-bond acceptors (Lipinski definition) is 3. The lowest BCUT2D eigenvalue weighted by Crippen LogP contribution is -2.18. The Hall–Kier alpha value is -0.860. The lowest BCUT2D eigenvalue weighted by atomic mass is 9.92. The molecular formula is C9H15O3. The Balaban J connectivity index is 3.83. The van der Waals surface area contributed by atoms with Gasteiger partial charge < -0.3 is 4.74 Å². The van der Waals surface area contributed by atoms with Crippen LogP contribution in [0.25, 0.3) is 0 Å². The van der Waals surface area contributed by atoms with Crippen LogP contribution in [0.15, 0.2) is 0 Å². The highest BCUT2D eigenvalue weighted by Crippen LogP contribution is 2.18. The number of carbonyl (C=O) groups is 2.